The Morgan fingerprint density at radius 3 is 2.04 bits per heavy atom. The Hall–Kier alpha value is -2.39. The van der Waals surface area contributed by atoms with Gasteiger partial charge in [0.25, 0.3) is 0 Å². The molecular formula is C20H21NO2. The van der Waals surface area contributed by atoms with Gasteiger partial charge in [0, 0.05) is 13.1 Å². The van der Waals surface area contributed by atoms with Crippen LogP contribution in [0.5, 0.6) is 0 Å². The van der Waals surface area contributed by atoms with E-state index in [1.165, 1.54) is 16.7 Å². The molecule has 1 atom stereocenters. The number of hydrogen-bond donors (Lipinski definition) is 1. The van der Waals surface area contributed by atoms with E-state index in [4.69, 9.17) is 5.11 Å². The molecule has 3 rings (SSSR count). The van der Waals surface area contributed by atoms with Crippen molar-refractivity contribution in [1.29, 1.82) is 0 Å². The van der Waals surface area contributed by atoms with Crippen molar-refractivity contribution in [2.45, 2.75) is 18.9 Å². The highest BCUT2D eigenvalue weighted by atomic mass is 16.4. The monoisotopic (exact) mass is 307 g/mol. The molecule has 0 spiro atoms. The van der Waals surface area contributed by atoms with Gasteiger partial charge in [-0.3, -0.25) is 9.69 Å². The molecule has 1 aliphatic rings. The maximum atomic E-state index is 11.1. The number of carboxylic acid groups (broad SMARTS) is 1. The number of likely N-dealkylation sites (tertiary alicyclic amines) is 1. The molecule has 1 fully saturated rings. The summed E-state index contributed by atoms with van der Waals surface area (Å²) >= 11 is 0. The van der Waals surface area contributed by atoms with Crippen LogP contribution in [0.4, 0.5) is 0 Å². The molecule has 1 saturated heterocycles. The lowest BCUT2D eigenvalue weighted by molar-refractivity contribution is -0.148. The van der Waals surface area contributed by atoms with E-state index in [0.717, 1.165) is 25.9 Å². The fourth-order valence-corrected chi connectivity index (χ4v) is 3.00. The zero-order valence-electron chi connectivity index (χ0n) is 13.1. The Morgan fingerprint density at radius 2 is 1.61 bits per heavy atom. The Labute approximate surface area is 136 Å². The molecule has 2 aromatic carbocycles. The molecule has 0 bridgehead atoms. The lowest BCUT2D eigenvalue weighted by Crippen LogP contribution is -2.52. The van der Waals surface area contributed by atoms with E-state index >= 15 is 0 Å². The van der Waals surface area contributed by atoms with Crippen LogP contribution in [-0.2, 0) is 4.79 Å². The average molecular weight is 307 g/mol. The molecule has 0 saturated carbocycles. The van der Waals surface area contributed by atoms with E-state index in [9.17, 15) is 4.79 Å². The van der Waals surface area contributed by atoms with Gasteiger partial charge in [-0.2, -0.15) is 0 Å². The quantitative estimate of drug-likeness (QED) is 0.885. The molecule has 0 aromatic heterocycles. The fourth-order valence-electron chi connectivity index (χ4n) is 3.00. The van der Waals surface area contributed by atoms with Gasteiger partial charge in [0.05, 0.1) is 0 Å². The number of carboxylic acids is 1. The molecule has 1 aliphatic heterocycles. The highest BCUT2D eigenvalue weighted by molar-refractivity contribution is 5.79. The van der Waals surface area contributed by atoms with Gasteiger partial charge in [-0.05, 0) is 29.5 Å². The van der Waals surface area contributed by atoms with E-state index in [0.29, 0.717) is 0 Å². The van der Waals surface area contributed by atoms with Crippen molar-refractivity contribution in [3.8, 4) is 0 Å². The van der Waals surface area contributed by atoms with Crippen molar-refractivity contribution in [1.82, 2.24) is 4.90 Å². The lowest BCUT2D eigenvalue weighted by Gasteiger charge is -2.37. The van der Waals surface area contributed by atoms with Crippen molar-refractivity contribution in [3.05, 3.63) is 77.9 Å². The van der Waals surface area contributed by atoms with Crippen LogP contribution in [0.15, 0.2) is 66.7 Å². The maximum absolute atomic E-state index is 11.1. The minimum Gasteiger partial charge on any atom is -0.480 e. The molecule has 3 nitrogen and oxygen atoms in total. The van der Waals surface area contributed by atoms with Crippen molar-refractivity contribution in [2.75, 3.05) is 13.1 Å². The number of nitrogens with zero attached hydrogens (tertiary/aromatic N) is 1. The van der Waals surface area contributed by atoms with Crippen LogP contribution in [0, 0.1) is 0 Å². The fraction of sp³-hybridized carbons (Fsp3) is 0.250. The summed E-state index contributed by atoms with van der Waals surface area (Å²) in [5.41, 5.74) is 3.59. The molecule has 1 heterocycles. The number of carbonyl (C=O) groups is 1. The summed E-state index contributed by atoms with van der Waals surface area (Å²) in [6, 6.07) is 20.4. The van der Waals surface area contributed by atoms with Crippen molar-refractivity contribution < 1.29 is 9.90 Å². The van der Waals surface area contributed by atoms with Gasteiger partial charge >= 0.3 is 5.97 Å². The zero-order chi connectivity index (χ0) is 16.1. The minimum atomic E-state index is -0.702. The van der Waals surface area contributed by atoms with Crippen LogP contribution < -0.4 is 0 Å². The van der Waals surface area contributed by atoms with Crippen molar-refractivity contribution in [2.24, 2.45) is 0 Å². The summed E-state index contributed by atoms with van der Waals surface area (Å²) in [5.74, 6) is -0.702. The molecule has 3 heteroatoms. The van der Waals surface area contributed by atoms with Gasteiger partial charge in [-0.15, -0.1) is 0 Å². The Bertz CT molecular complexity index is 638. The largest absolute Gasteiger partial charge is 0.480 e. The molecule has 0 amide bonds. The molecule has 0 aliphatic carbocycles. The zero-order valence-corrected chi connectivity index (χ0v) is 13.1. The van der Waals surface area contributed by atoms with Gasteiger partial charge < -0.3 is 5.11 Å². The average Bonchev–Trinajstić information content (AvgIpc) is 2.55. The lowest BCUT2D eigenvalue weighted by atomic mass is 9.96. The SMILES string of the molecule is O=C(O)[C@@H]1CCN1CCC=C(c1ccccc1)c1ccccc1. The Balaban J connectivity index is 1.75. The predicted octanol–water partition coefficient (Wildman–Crippen LogP) is 3.67. The topological polar surface area (TPSA) is 40.5 Å². The van der Waals surface area contributed by atoms with E-state index in [-0.39, 0.29) is 6.04 Å². The first kappa shape index (κ1) is 15.5. The van der Waals surface area contributed by atoms with E-state index in [2.05, 4.69) is 30.3 Å². The maximum Gasteiger partial charge on any atom is 0.320 e. The first-order valence-corrected chi connectivity index (χ1v) is 8.03. The van der Waals surface area contributed by atoms with Crippen LogP contribution in [0.25, 0.3) is 5.57 Å². The van der Waals surface area contributed by atoms with Gasteiger partial charge in [0.15, 0.2) is 0 Å². The second-order valence-electron chi connectivity index (χ2n) is 5.82. The first-order valence-electron chi connectivity index (χ1n) is 8.03. The third-order valence-electron chi connectivity index (χ3n) is 4.35. The summed E-state index contributed by atoms with van der Waals surface area (Å²) in [6.45, 7) is 1.68. The van der Waals surface area contributed by atoms with Crippen LogP contribution in [-0.4, -0.2) is 35.1 Å². The second-order valence-corrected chi connectivity index (χ2v) is 5.82. The molecule has 118 valence electrons. The predicted molar refractivity (Wildman–Crippen MR) is 92.2 cm³/mol. The normalized spacial score (nSPS) is 17.3. The van der Waals surface area contributed by atoms with Crippen LogP contribution in [0.2, 0.25) is 0 Å². The van der Waals surface area contributed by atoms with Crippen LogP contribution >= 0.6 is 0 Å². The molecule has 2 aromatic rings. The number of aliphatic carboxylic acids is 1. The van der Waals surface area contributed by atoms with Gasteiger partial charge in [-0.1, -0.05) is 66.7 Å². The Kier molecular flexibility index (Phi) is 4.89. The first-order chi connectivity index (χ1) is 11.3. The standard InChI is InChI=1S/C20H21NO2/c22-20(23)19-13-15-21(19)14-7-12-18(16-8-3-1-4-9-16)17-10-5-2-6-11-17/h1-6,8-12,19H,7,13-15H2,(H,22,23)/t19-/m0/s1. The van der Waals surface area contributed by atoms with Gasteiger partial charge in [0.1, 0.15) is 6.04 Å². The molecular weight excluding hydrogens is 286 g/mol. The molecule has 0 radical (unpaired) electrons. The van der Waals surface area contributed by atoms with Gasteiger partial charge in [-0.25, -0.2) is 0 Å². The second kappa shape index (κ2) is 7.25. The Morgan fingerprint density at radius 1 is 1.04 bits per heavy atom. The highest BCUT2D eigenvalue weighted by Gasteiger charge is 2.32. The third kappa shape index (κ3) is 3.69. The van der Waals surface area contributed by atoms with Crippen LogP contribution in [0.3, 0.4) is 0 Å². The molecule has 23 heavy (non-hydrogen) atoms. The van der Waals surface area contributed by atoms with Crippen LogP contribution in [0.1, 0.15) is 24.0 Å². The van der Waals surface area contributed by atoms with E-state index < -0.39 is 5.97 Å². The molecule has 1 N–H and O–H groups in total. The smallest absolute Gasteiger partial charge is 0.320 e. The highest BCUT2D eigenvalue weighted by Crippen LogP contribution is 2.24. The molecule has 0 unspecified atom stereocenters. The minimum absolute atomic E-state index is 0.291. The summed E-state index contributed by atoms with van der Waals surface area (Å²) in [7, 11) is 0. The third-order valence-corrected chi connectivity index (χ3v) is 4.35. The number of rotatable bonds is 6. The van der Waals surface area contributed by atoms with Gasteiger partial charge in [0.2, 0.25) is 0 Å². The summed E-state index contributed by atoms with van der Waals surface area (Å²) in [4.78, 5) is 13.1. The van der Waals surface area contributed by atoms with Crippen molar-refractivity contribution >= 4 is 11.5 Å². The summed E-state index contributed by atoms with van der Waals surface area (Å²) < 4.78 is 0. The van der Waals surface area contributed by atoms with Crippen molar-refractivity contribution in [3.63, 3.8) is 0 Å². The van der Waals surface area contributed by atoms with E-state index in [1.54, 1.807) is 0 Å². The number of benzene rings is 2. The summed E-state index contributed by atoms with van der Waals surface area (Å²) in [6.07, 6.45) is 3.84. The number of hydrogen-bond acceptors (Lipinski definition) is 2. The van der Waals surface area contributed by atoms with E-state index in [1.807, 2.05) is 41.3 Å². The summed E-state index contributed by atoms with van der Waals surface area (Å²) in [5, 5.41) is 9.11.